The molecule has 1 aliphatic carbocycles. The molecule has 1 aromatic carbocycles. The predicted molar refractivity (Wildman–Crippen MR) is 76.9 cm³/mol. The molecule has 3 rings (SSSR count). The molecule has 0 radical (unpaired) electrons. The van der Waals surface area contributed by atoms with Crippen molar-refractivity contribution in [3.8, 4) is 0 Å². The Morgan fingerprint density at radius 1 is 1.21 bits per heavy atom. The van der Waals surface area contributed by atoms with Crippen LogP contribution in [-0.2, 0) is 6.54 Å². The van der Waals surface area contributed by atoms with E-state index in [1.165, 1.54) is 31.2 Å². The quantitative estimate of drug-likeness (QED) is 0.895. The van der Waals surface area contributed by atoms with Gasteiger partial charge in [0.2, 0.25) is 0 Å². The smallest absolute Gasteiger partial charge is 0.146 e. The van der Waals surface area contributed by atoms with Gasteiger partial charge in [0.1, 0.15) is 5.82 Å². The molecular formula is C16H23FN2. The maximum absolute atomic E-state index is 14.0. The fourth-order valence-corrected chi connectivity index (χ4v) is 2.71. The van der Waals surface area contributed by atoms with Gasteiger partial charge in [-0.25, -0.2) is 4.39 Å². The average molecular weight is 262 g/mol. The van der Waals surface area contributed by atoms with E-state index in [-0.39, 0.29) is 5.82 Å². The first-order valence-corrected chi connectivity index (χ1v) is 7.49. The first-order valence-electron chi connectivity index (χ1n) is 7.49. The van der Waals surface area contributed by atoms with Crippen molar-refractivity contribution in [1.29, 1.82) is 0 Å². The third-order valence-corrected chi connectivity index (χ3v) is 4.31. The lowest BCUT2D eigenvalue weighted by Gasteiger charge is -2.32. The molecule has 1 aromatic rings. The summed E-state index contributed by atoms with van der Waals surface area (Å²) in [6, 6.07) is 6.25. The molecule has 2 aliphatic rings. The second kappa shape index (κ2) is 5.49. The van der Waals surface area contributed by atoms with Gasteiger partial charge in [-0.3, -0.25) is 0 Å². The predicted octanol–water partition coefficient (Wildman–Crippen LogP) is 3.31. The molecule has 0 amide bonds. The summed E-state index contributed by atoms with van der Waals surface area (Å²) < 4.78 is 14.0. The lowest BCUT2D eigenvalue weighted by Crippen LogP contribution is -2.33. The van der Waals surface area contributed by atoms with E-state index in [1.54, 1.807) is 6.07 Å². The SMILES string of the molecule is CC1CCN(c2cc(CNC3CC3)ccc2F)CC1. The zero-order valence-electron chi connectivity index (χ0n) is 11.7. The second-order valence-electron chi connectivity index (χ2n) is 6.11. The van der Waals surface area contributed by atoms with Crippen molar-refractivity contribution in [2.75, 3.05) is 18.0 Å². The number of hydrogen-bond acceptors (Lipinski definition) is 2. The largest absolute Gasteiger partial charge is 0.369 e. The van der Waals surface area contributed by atoms with Crippen LogP contribution in [-0.4, -0.2) is 19.1 Å². The number of hydrogen-bond donors (Lipinski definition) is 1. The summed E-state index contributed by atoms with van der Waals surface area (Å²) in [5, 5.41) is 3.49. The molecular weight excluding hydrogens is 239 g/mol. The Morgan fingerprint density at radius 2 is 1.95 bits per heavy atom. The molecule has 0 unspecified atom stereocenters. The third-order valence-electron chi connectivity index (χ3n) is 4.31. The summed E-state index contributed by atoms with van der Waals surface area (Å²) in [4.78, 5) is 2.20. The van der Waals surface area contributed by atoms with Gasteiger partial charge < -0.3 is 10.2 Å². The minimum absolute atomic E-state index is 0.0790. The molecule has 2 fully saturated rings. The Balaban J connectivity index is 1.69. The molecule has 0 atom stereocenters. The van der Waals surface area contributed by atoms with E-state index in [2.05, 4.69) is 17.1 Å². The lowest BCUT2D eigenvalue weighted by atomic mass is 9.98. The molecule has 1 saturated carbocycles. The van der Waals surface area contributed by atoms with Gasteiger partial charge in [0, 0.05) is 25.7 Å². The maximum Gasteiger partial charge on any atom is 0.146 e. The van der Waals surface area contributed by atoms with Gasteiger partial charge in [-0.1, -0.05) is 13.0 Å². The van der Waals surface area contributed by atoms with Crippen molar-refractivity contribution in [3.05, 3.63) is 29.6 Å². The number of rotatable bonds is 4. The van der Waals surface area contributed by atoms with E-state index in [0.29, 0.717) is 6.04 Å². The van der Waals surface area contributed by atoms with Crippen LogP contribution in [0.15, 0.2) is 18.2 Å². The summed E-state index contributed by atoms with van der Waals surface area (Å²) in [5.74, 6) is 0.698. The second-order valence-corrected chi connectivity index (χ2v) is 6.11. The summed E-state index contributed by atoms with van der Waals surface area (Å²) in [5.41, 5.74) is 1.99. The van der Waals surface area contributed by atoms with Gasteiger partial charge in [-0.15, -0.1) is 0 Å². The van der Waals surface area contributed by atoms with E-state index >= 15 is 0 Å². The highest BCUT2D eigenvalue weighted by Gasteiger charge is 2.21. The van der Waals surface area contributed by atoms with Crippen LogP contribution in [0.25, 0.3) is 0 Å². The fraction of sp³-hybridized carbons (Fsp3) is 0.625. The van der Waals surface area contributed by atoms with Crippen LogP contribution >= 0.6 is 0 Å². The fourth-order valence-electron chi connectivity index (χ4n) is 2.71. The molecule has 1 heterocycles. The van der Waals surface area contributed by atoms with E-state index < -0.39 is 0 Å². The monoisotopic (exact) mass is 262 g/mol. The van der Waals surface area contributed by atoms with Crippen LogP contribution in [0.2, 0.25) is 0 Å². The molecule has 1 saturated heterocycles. The standard InChI is InChI=1S/C16H23FN2/c1-12-6-8-19(9-7-12)16-10-13(2-5-15(16)17)11-18-14-3-4-14/h2,5,10,12,14,18H,3-4,6-9,11H2,1H3. The first kappa shape index (κ1) is 12.9. The van der Waals surface area contributed by atoms with Gasteiger partial charge >= 0.3 is 0 Å². The molecule has 0 aromatic heterocycles. The van der Waals surface area contributed by atoms with Gasteiger partial charge in [-0.2, -0.15) is 0 Å². The Kier molecular flexibility index (Phi) is 3.74. The van der Waals surface area contributed by atoms with E-state index in [4.69, 9.17) is 0 Å². The summed E-state index contributed by atoms with van der Waals surface area (Å²) in [6.07, 6.45) is 4.92. The van der Waals surface area contributed by atoms with Crippen LogP contribution in [0, 0.1) is 11.7 Å². The Morgan fingerprint density at radius 3 is 2.63 bits per heavy atom. The lowest BCUT2D eigenvalue weighted by molar-refractivity contribution is 0.434. The number of piperidine rings is 1. The summed E-state index contributed by atoms with van der Waals surface area (Å²) in [7, 11) is 0. The molecule has 3 heteroatoms. The van der Waals surface area contributed by atoms with Crippen molar-refractivity contribution in [1.82, 2.24) is 5.32 Å². The number of anilines is 1. The van der Waals surface area contributed by atoms with E-state index in [0.717, 1.165) is 31.2 Å². The van der Waals surface area contributed by atoms with Crippen molar-refractivity contribution >= 4 is 5.69 Å². The highest BCUT2D eigenvalue weighted by atomic mass is 19.1. The first-order chi connectivity index (χ1) is 9.22. The van der Waals surface area contributed by atoms with Gasteiger partial charge in [-0.05, 0) is 49.3 Å². The zero-order chi connectivity index (χ0) is 13.2. The highest BCUT2D eigenvalue weighted by Crippen LogP contribution is 2.27. The van der Waals surface area contributed by atoms with Crippen molar-refractivity contribution in [2.45, 2.75) is 45.2 Å². The van der Waals surface area contributed by atoms with Crippen LogP contribution in [0.1, 0.15) is 38.2 Å². The summed E-state index contributed by atoms with van der Waals surface area (Å²) >= 11 is 0. The molecule has 2 nitrogen and oxygen atoms in total. The van der Waals surface area contributed by atoms with Crippen LogP contribution in [0.3, 0.4) is 0 Å². The normalized spacial score (nSPS) is 20.8. The summed E-state index contributed by atoms with van der Waals surface area (Å²) in [6.45, 7) is 5.11. The molecule has 0 bridgehead atoms. The van der Waals surface area contributed by atoms with E-state index in [9.17, 15) is 4.39 Å². The van der Waals surface area contributed by atoms with Crippen LogP contribution in [0.5, 0.6) is 0 Å². The molecule has 0 spiro atoms. The minimum atomic E-state index is -0.0790. The van der Waals surface area contributed by atoms with Crippen molar-refractivity contribution in [2.24, 2.45) is 5.92 Å². The minimum Gasteiger partial charge on any atom is -0.369 e. The number of nitrogens with one attached hydrogen (secondary N) is 1. The Labute approximate surface area is 115 Å². The maximum atomic E-state index is 14.0. The van der Waals surface area contributed by atoms with Gasteiger partial charge in [0.05, 0.1) is 5.69 Å². The van der Waals surface area contributed by atoms with Crippen molar-refractivity contribution in [3.63, 3.8) is 0 Å². The highest BCUT2D eigenvalue weighted by molar-refractivity contribution is 5.50. The number of benzene rings is 1. The molecule has 1 N–H and O–H groups in total. The van der Waals surface area contributed by atoms with Gasteiger partial charge in [0.15, 0.2) is 0 Å². The number of nitrogens with zero attached hydrogens (tertiary/aromatic N) is 1. The Bertz CT molecular complexity index is 434. The molecule has 104 valence electrons. The van der Waals surface area contributed by atoms with Crippen molar-refractivity contribution < 1.29 is 4.39 Å². The average Bonchev–Trinajstić information content (AvgIpc) is 3.23. The van der Waals surface area contributed by atoms with E-state index in [1.807, 2.05) is 12.1 Å². The topological polar surface area (TPSA) is 15.3 Å². The number of halogens is 1. The van der Waals surface area contributed by atoms with Crippen LogP contribution < -0.4 is 10.2 Å². The van der Waals surface area contributed by atoms with Crippen LogP contribution in [0.4, 0.5) is 10.1 Å². The Hall–Kier alpha value is -1.09. The molecule has 19 heavy (non-hydrogen) atoms. The zero-order valence-corrected chi connectivity index (χ0v) is 11.7. The third kappa shape index (κ3) is 3.27. The van der Waals surface area contributed by atoms with Gasteiger partial charge in [0.25, 0.3) is 0 Å². The molecule has 1 aliphatic heterocycles.